The molecule has 3 unspecified atom stereocenters. The van der Waals surface area contributed by atoms with Crippen molar-refractivity contribution in [2.24, 2.45) is 11.7 Å². The van der Waals surface area contributed by atoms with E-state index in [-0.39, 0.29) is 23.4 Å². The molecule has 9 heteroatoms. The van der Waals surface area contributed by atoms with Gasteiger partial charge in [0.15, 0.2) is 5.78 Å². The van der Waals surface area contributed by atoms with Crippen LogP contribution in [0.5, 0.6) is 0 Å². The summed E-state index contributed by atoms with van der Waals surface area (Å²) in [5.41, 5.74) is 12.1. The second-order valence-electron chi connectivity index (χ2n) is 5.69. The lowest BCUT2D eigenvalue weighted by Crippen LogP contribution is -2.38. The summed E-state index contributed by atoms with van der Waals surface area (Å²) in [4.78, 5) is 22.0. The minimum absolute atomic E-state index is 0.0538. The van der Waals surface area contributed by atoms with E-state index in [1.54, 1.807) is 6.07 Å². The van der Waals surface area contributed by atoms with E-state index >= 15 is 0 Å². The number of nitrogens with two attached hydrogens (primary N) is 1. The van der Waals surface area contributed by atoms with E-state index < -0.39 is 11.1 Å². The molecular weight excluding hydrogens is 312 g/mol. The Labute approximate surface area is 139 Å². The van der Waals surface area contributed by atoms with Gasteiger partial charge in [-0.05, 0) is 31.9 Å². The Morgan fingerprint density at radius 2 is 2.25 bits per heavy atom. The molecule has 0 bridgehead atoms. The maximum absolute atomic E-state index is 11.3. The van der Waals surface area contributed by atoms with Crippen LogP contribution in [0.3, 0.4) is 0 Å². The third-order valence-corrected chi connectivity index (χ3v) is 4.01. The summed E-state index contributed by atoms with van der Waals surface area (Å²) < 4.78 is 0. The van der Waals surface area contributed by atoms with Gasteiger partial charge in [-0.3, -0.25) is 20.3 Å². The van der Waals surface area contributed by atoms with Crippen LogP contribution in [0, 0.1) is 27.4 Å². The van der Waals surface area contributed by atoms with Crippen molar-refractivity contribution in [3.8, 4) is 6.07 Å². The predicted octanol–water partition coefficient (Wildman–Crippen LogP) is 0.890. The first-order chi connectivity index (χ1) is 11.4. The molecule has 3 atom stereocenters. The third kappa shape index (κ3) is 4.05. The van der Waals surface area contributed by atoms with E-state index in [9.17, 15) is 14.9 Å². The first-order valence-electron chi connectivity index (χ1n) is 7.63. The molecule has 1 aromatic rings. The molecule has 0 saturated carbocycles. The lowest BCUT2D eigenvalue weighted by atomic mass is 9.97. The zero-order chi connectivity index (χ0) is 17.7. The zero-order valence-electron chi connectivity index (χ0n) is 13.3. The summed E-state index contributed by atoms with van der Waals surface area (Å²) in [7, 11) is 0. The van der Waals surface area contributed by atoms with Gasteiger partial charge in [-0.2, -0.15) is 5.26 Å². The highest BCUT2D eigenvalue weighted by molar-refractivity contribution is 5.95. The number of carbonyl (C=O) groups excluding carboxylic acids is 1. The van der Waals surface area contributed by atoms with E-state index in [2.05, 4.69) is 22.2 Å². The molecule has 2 rings (SSSR count). The van der Waals surface area contributed by atoms with Gasteiger partial charge in [-0.15, -0.1) is 0 Å². The number of nitro groups is 1. The van der Waals surface area contributed by atoms with Crippen molar-refractivity contribution in [1.82, 2.24) is 10.9 Å². The fourth-order valence-corrected chi connectivity index (χ4v) is 2.65. The van der Waals surface area contributed by atoms with Crippen molar-refractivity contribution in [3.05, 3.63) is 33.9 Å². The molecule has 0 spiro atoms. The summed E-state index contributed by atoms with van der Waals surface area (Å²) in [5.74, 6) is -0.530. The lowest BCUT2D eigenvalue weighted by Gasteiger charge is -2.14. The Balaban J connectivity index is 1.92. The van der Waals surface area contributed by atoms with Gasteiger partial charge in [0, 0.05) is 24.2 Å². The second-order valence-corrected chi connectivity index (χ2v) is 5.69. The Kier molecular flexibility index (Phi) is 5.81. The Hall–Kier alpha value is -2.54. The number of nitrogens with zero attached hydrogens (tertiary/aromatic N) is 2. The van der Waals surface area contributed by atoms with E-state index in [1.165, 1.54) is 19.1 Å². The van der Waals surface area contributed by atoms with Crippen LogP contribution < -0.4 is 21.9 Å². The van der Waals surface area contributed by atoms with Crippen molar-refractivity contribution in [1.29, 1.82) is 5.26 Å². The van der Waals surface area contributed by atoms with Crippen LogP contribution in [0.4, 0.5) is 11.4 Å². The number of benzene rings is 1. The number of hydrogen-bond donors (Lipinski definition) is 4. The average Bonchev–Trinajstić information content (AvgIpc) is 2.91. The van der Waals surface area contributed by atoms with Gasteiger partial charge in [0.2, 0.25) is 0 Å². The number of nitro benzene ring substituents is 1. The molecule has 1 saturated heterocycles. The topological polar surface area (TPSA) is 146 Å². The highest BCUT2D eigenvalue weighted by Gasteiger charge is 2.32. The van der Waals surface area contributed by atoms with E-state index in [0.717, 1.165) is 0 Å². The van der Waals surface area contributed by atoms with Crippen LogP contribution in [0.15, 0.2) is 18.2 Å². The molecule has 24 heavy (non-hydrogen) atoms. The number of Topliss-reactive ketones (excluding diaryl/α,β-unsaturated/α-hetero) is 1. The standard InChI is InChI=1S/C15H20N6O3/c1-9(22)10-4-5-13(14(7-10)21(23)24)18-6-2-3-12-11(8-16)15(17)20-19-12/h4-5,7,11-12,15,18-20H,2-3,6,17H2,1H3. The molecule has 9 nitrogen and oxygen atoms in total. The minimum atomic E-state index is -0.512. The van der Waals surface area contributed by atoms with Gasteiger partial charge in [0.25, 0.3) is 5.69 Å². The van der Waals surface area contributed by atoms with Crippen LogP contribution in [0.1, 0.15) is 30.1 Å². The Bertz CT molecular complexity index is 672. The normalized spacial score (nSPS) is 22.8. The monoisotopic (exact) mass is 332 g/mol. The van der Waals surface area contributed by atoms with Crippen LogP contribution >= 0.6 is 0 Å². The molecule has 128 valence electrons. The van der Waals surface area contributed by atoms with Crippen LogP contribution in [-0.4, -0.2) is 29.5 Å². The molecule has 1 aliphatic rings. The van der Waals surface area contributed by atoms with Crippen molar-refractivity contribution in [2.75, 3.05) is 11.9 Å². The maximum Gasteiger partial charge on any atom is 0.293 e. The van der Waals surface area contributed by atoms with Crippen LogP contribution in [0.25, 0.3) is 0 Å². The van der Waals surface area contributed by atoms with Gasteiger partial charge in [0.05, 0.1) is 23.1 Å². The number of hydrogen-bond acceptors (Lipinski definition) is 8. The molecule has 1 aliphatic heterocycles. The van der Waals surface area contributed by atoms with Crippen molar-refractivity contribution >= 4 is 17.2 Å². The molecule has 1 fully saturated rings. The number of nitriles is 1. The second kappa shape index (κ2) is 7.83. The van der Waals surface area contributed by atoms with Gasteiger partial charge in [-0.1, -0.05) is 0 Å². The maximum atomic E-state index is 11.3. The number of anilines is 1. The molecule has 0 amide bonds. The summed E-state index contributed by atoms with van der Waals surface area (Å²) >= 11 is 0. The van der Waals surface area contributed by atoms with Crippen molar-refractivity contribution < 1.29 is 9.72 Å². The van der Waals surface area contributed by atoms with E-state index in [0.29, 0.717) is 30.6 Å². The minimum Gasteiger partial charge on any atom is -0.379 e. The van der Waals surface area contributed by atoms with E-state index in [1.807, 2.05) is 0 Å². The Morgan fingerprint density at radius 3 is 2.88 bits per heavy atom. The molecule has 0 radical (unpaired) electrons. The number of rotatable bonds is 7. The number of carbonyl (C=O) groups is 1. The Morgan fingerprint density at radius 1 is 1.50 bits per heavy atom. The van der Waals surface area contributed by atoms with Gasteiger partial charge in [-0.25, -0.2) is 5.43 Å². The molecular formula is C15H20N6O3. The summed E-state index contributed by atoms with van der Waals surface area (Å²) in [6.45, 7) is 1.87. The van der Waals surface area contributed by atoms with Crippen molar-refractivity contribution in [2.45, 2.75) is 32.0 Å². The predicted molar refractivity (Wildman–Crippen MR) is 88.0 cm³/mol. The quantitative estimate of drug-likeness (QED) is 0.249. The van der Waals surface area contributed by atoms with Crippen molar-refractivity contribution in [3.63, 3.8) is 0 Å². The van der Waals surface area contributed by atoms with Gasteiger partial charge < -0.3 is 11.1 Å². The fraction of sp³-hybridized carbons (Fsp3) is 0.467. The summed E-state index contributed by atoms with van der Waals surface area (Å²) in [6, 6.07) is 6.49. The smallest absolute Gasteiger partial charge is 0.293 e. The summed E-state index contributed by atoms with van der Waals surface area (Å²) in [6.07, 6.45) is 1.01. The molecule has 5 N–H and O–H groups in total. The lowest BCUT2D eigenvalue weighted by molar-refractivity contribution is -0.384. The number of ketones is 1. The molecule has 0 aliphatic carbocycles. The number of hydrazine groups is 1. The average molecular weight is 332 g/mol. The van der Waals surface area contributed by atoms with Crippen LogP contribution in [-0.2, 0) is 0 Å². The molecule has 0 aromatic heterocycles. The third-order valence-electron chi connectivity index (χ3n) is 4.01. The zero-order valence-corrected chi connectivity index (χ0v) is 13.3. The first-order valence-corrected chi connectivity index (χ1v) is 7.63. The van der Waals surface area contributed by atoms with E-state index in [4.69, 9.17) is 11.0 Å². The first kappa shape index (κ1) is 17.8. The summed E-state index contributed by atoms with van der Waals surface area (Å²) in [5, 5.41) is 23.2. The van der Waals surface area contributed by atoms with Gasteiger partial charge in [0.1, 0.15) is 5.69 Å². The largest absolute Gasteiger partial charge is 0.379 e. The highest BCUT2D eigenvalue weighted by Crippen LogP contribution is 2.26. The number of nitrogens with one attached hydrogen (secondary N) is 3. The molecule has 1 heterocycles. The molecule has 1 aromatic carbocycles. The highest BCUT2D eigenvalue weighted by atomic mass is 16.6. The fourth-order valence-electron chi connectivity index (χ4n) is 2.65. The van der Waals surface area contributed by atoms with Gasteiger partial charge >= 0.3 is 0 Å². The SMILES string of the molecule is CC(=O)c1ccc(NCCCC2NNC(N)C2C#N)c([N+](=O)[O-])c1. The van der Waals surface area contributed by atoms with Crippen LogP contribution in [0.2, 0.25) is 0 Å².